The van der Waals surface area contributed by atoms with Crippen molar-refractivity contribution >= 4 is 49.9 Å². The molecule has 3 aromatic carbocycles. The van der Waals surface area contributed by atoms with E-state index in [1.54, 1.807) is 42.7 Å². The van der Waals surface area contributed by atoms with Crippen molar-refractivity contribution in [3.63, 3.8) is 0 Å². The molecule has 8 heteroatoms. The fourth-order valence-corrected chi connectivity index (χ4v) is 5.22. The molecule has 0 bridgehead atoms. The topological polar surface area (TPSA) is 79.4 Å². The molecule has 0 spiro atoms. The van der Waals surface area contributed by atoms with E-state index < -0.39 is 15.9 Å². The number of hydrogen-bond donors (Lipinski definition) is 1. The Morgan fingerprint density at radius 3 is 2.09 bits per heavy atom. The van der Waals surface area contributed by atoms with Gasteiger partial charge in [-0.05, 0) is 101 Å². The Labute approximate surface area is 212 Å². The first-order valence-corrected chi connectivity index (χ1v) is 13.0. The van der Waals surface area contributed by atoms with Crippen molar-refractivity contribution in [2.45, 2.75) is 11.3 Å². The van der Waals surface area contributed by atoms with Crippen molar-refractivity contribution in [2.24, 2.45) is 0 Å². The Morgan fingerprint density at radius 2 is 1.44 bits per heavy atom. The van der Waals surface area contributed by atoms with E-state index in [-0.39, 0.29) is 11.4 Å². The Hall–Kier alpha value is -3.24. The van der Waals surface area contributed by atoms with E-state index in [0.717, 1.165) is 25.4 Å². The normalized spacial score (nSPS) is 11.1. The number of nitrogens with zero attached hydrogens (tertiary/aromatic N) is 2. The van der Waals surface area contributed by atoms with Gasteiger partial charge in [0.1, 0.15) is 6.54 Å². The van der Waals surface area contributed by atoms with Crippen molar-refractivity contribution in [1.29, 1.82) is 0 Å². The Balaban J connectivity index is 1.51. The number of pyridine rings is 1. The first kappa shape index (κ1) is 23.9. The van der Waals surface area contributed by atoms with E-state index in [9.17, 15) is 13.2 Å². The third-order valence-electron chi connectivity index (χ3n) is 5.13. The van der Waals surface area contributed by atoms with Gasteiger partial charge in [-0.15, -0.1) is 0 Å². The summed E-state index contributed by atoms with van der Waals surface area (Å²) in [5.41, 5.74) is 3.26. The van der Waals surface area contributed by atoms with E-state index in [1.807, 2.05) is 48.5 Å². The van der Waals surface area contributed by atoms with E-state index in [2.05, 4.69) is 32.9 Å². The third kappa shape index (κ3) is 6.00. The van der Waals surface area contributed by atoms with Crippen molar-refractivity contribution in [1.82, 2.24) is 4.98 Å². The zero-order chi connectivity index (χ0) is 24.0. The zero-order valence-corrected chi connectivity index (χ0v) is 21.1. The first-order chi connectivity index (χ1) is 16.4. The van der Waals surface area contributed by atoms with E-state index in [4.69, 9.17) is 0 Å². The maximum absolute atomic E-state index is 13.4. The minimum Gasteiger partial charge on any atom is -0.325 e. The van der Waals surface area contributed by atoms with Crippen LogP contribution in [0.4, 0.5) is 11.4 Å². The summed E-state index contributed by atoms with van der Waals surface area (Å²) in [6.45, 7) is -0.351. The molecule has 1 N–H and O–H groups in total. The Kier molecular flexibility index (Phi) is 7.59. The molecule has 0 radical (unpaired) electrons. The zero-order valence-electron chi connectivity index (χ0n) is 18.1. The van der Waals surface area contributed by atoms with Gasteiger partial charge in [-0.1, -0.05) is 30.3 Å². The summed E-state index contributed by atoms with van der Waals surface area (Å²) < 4.78 is 28.8. The first-order valence-electron chi connectivity index (χ1n) is 10.5. The highest BCUT2D eigenvalue weighted by atomic mass is 127. The highest BCUT2D eigenvalue weighted by Gasteiger charge is 2.27. The van der Waals surface area contributed by atoms with Gasteiger partial charge in [-0.25, -0.2) is 8.42 Å². The minimum atomic E-state index is -3.93. The van der Waals surface area contributed by atoms with Gasteiger partial charge in [0.2, 0.25) is 5.91 Å². The summed E-state index contributed by atoms with van der Waals surface area (Å²) in [5.74, 6) is -0.431. The number of anilines is 2. The summed E-state index contributed by atoms with van der Waals surface area (Å²) in [6, 6.07) is 26.6. The van der Waals surface area contributed by atoms with Crippen LogP contribution < -0.4 is 9.62 Å². The SMILES string of the molecule is O=C(CN(c1ccc(I)cc1)S(=O)(=O)c1ccccc1)Nc1ccc(Cc2ccncc2)cc1. The number of carbonyl (C=O) groups excluding carboxylic acids is 1. The average molecular weight is 583 g/mol. The second kappa shape index (κ2) is 10.8. The number of aromatic nitrogens is 1. The second-order valence-electron chi connectivity index (χ2n) is 7.58. The number of halogens is 1. The summed E-state index contributed by atoms with van der Waals surface area (Å²) in [6.07, 6.45) is 4.27. The van der Waals surface area contributed by atoms with Crippen LogP contribution in [0.15, 0.2) is 108 Å². The van der Waals surface area contributed by atoms with Gasteiger partial charge >= 0.3 is 0 Å². The molecule has 1 amide bonds. The molecule has 1 aromatic heterocycles. The molecule has 34 heavy (non-hydrogen) atoms. The van der Waals surface area contributed by atoms with Crippen LogP contribution in [0.5, 0.6) is 0 Å². The molecule has 0 saturated carbocycles. The third-order valence-corrected chi connectivity index (χ3v) is 7.64. The predicted molar refractivity (Wildman–Crippen MR) is 142 cm³/mol. The van der Waals surface area contributed by atoms with E-state index in [1.165, 1.54) is 12.1 Å². The lowest BCUT2D eigenvalue weighted by Crippen LogP contribution is -2.38. The molecular formula is C26H22IN3O3S. The number of benzene rings is 3. The molecule has 172 valence electrons. The lowest BCUT2D eigenvalue weighted by molar-refractivity contribution is -0.114. The van der Waals surface area contributed by atoms with Crippen LogP contribution in [0, 0.1) is 3.57 Å². The molecule has 0 aliphatic heterocycles. The highest BCUT2D eigenvalue weighted by molar-refractivity contribution is 14.1. The number of hydrogen-bond acceptors (Lipinski definition) is 4. The van der Waals surface area contributed by atoms with Crippen LogP contribution in [0.2, 0.25) is 0 Å². The number of sulfonamides is 1. The molecule has 0 unspecified atom stereocenters. The van der Waals surface area contributed by atoms with Crippen LogP contribution in [0.25, 0.3) is 0 Å². The maximum Gasteiger partial charge on any atom is 0.264 e. The second-order valence-corrected chi connectivity index (χ2v) is 10.7. The number of amides is 1. The van der Waals surface area contributed by atoms with Crippen LogP contribution in [-0.2, 0) is 21.2 Å². The largest absolute Gasteiger partial charge is 0.325 e. The average Bonchev–Trinajstić information content (AvgIpc) is 2.85. The molecule has 0 atom stereocenters. The van der Waals surface area contributed by atoms with Crippen molar-refractivity contribution in [3.05, 3.63) is 118 Å². The highest BCUT2D eigenvalue weighted by Crippen LogP contribution is 2.24. The molecule has 4 aromatic rings. The lowest BCUT2D eigenvalue weighted by atomic mass is 10.1. The predicted octanol–water partition coefficient (Wildman–Crippen LogP) is 5.11. The van der Waals surface area contributed by atoms with Crippen molar-refractivity contribution in [3.8, 4) is 0 Å². The molecule has 0 aliphatic carbocycles. The van der Waals surface area contributed by atoms with Gasteiger partial charge in [-0.2, -0.15) is 0 Å². The smallest absolute Gasteiger partial charge is 0.264 e. The Morgan fingerprint density at radius 1 is 0.824 bits per heavy atom. The van der Waals surface area contributed by atoms with Gasteiger partial charge in [0.25, 0.3) is 10.0 Å². The minimum absolute atomic E-state index is 0.127. The summed E-state index contributed by atoms with van der Waals surface area (Å²) in [4.78, 5) is 17.0. The number of nitrogens with one attached hydrogen (secondary N) is 1. The fraction of sp³-hybridized carbons (Fsp3) is 0.0769. The standard InChI is InChI=1S/C26H22IN3O3S/c27-22-8-12-24(13-9-22)30(34(32,33)25-4-2-1-3-5-25)19-26(31)29-23-10-6-20(7-11-23)18-21-14-16-28-17-15-21/h1-17H,18-19H2,(H,29,31). The summed E-state index contributed by atoms with van der Waals surface area (Å²) >= 11 is 2.15. The lowest BCUT2D eigenvalue weighted by Gasteiger charge is -2.24. The molecule has 6 nitrogen and oxygen atoms in total. The molecule has 1 heterocycles. The van der Waals surface area contributed by atoms with Crippen LogP contribution in [0.3, 0.4) is 0 Å². The van der Waals surface area contributed by atoms with Crippen LogP contribution in [0.1, 0.15) is 11.1 Å². The molecule has 0 saturated heterocycles. The van der Waals surface area contributed by atoms with E-state index >= 15 is 0 Å². The number of rotatable bonds is 8. The van der Waals surface area contributed by atoms with Gasteiger partial charge in [0.05, 0.1) is 10.6 Å². The van der Waals surface area contributed by atoms with Gasteiger partial charge in [0.15, 0.2) is 0 Å². The van der Waals surface area contributed by atoms with Gasteiger partial charge in [0, 0.05) is 21.7 Å². The summed E-state index contributed by atoms with van der Waals surface area (Å²) in [5, 5.41) is 2.81. The monoisotopic (exact) mass is 583 g/mol. The van der Waals surface area contributed by atoms with Crippen molar-refractivity contribution in [2.75, 3.05) is 16.2 Å². The van der Waals surface area contributed by atoms with Gasteiger partial charge < -0.3 is 5.32 Å². The maximum atomic E-state index is 13.4. The number of carbonyl (C=O) groups is 1. The van der Waals surface area contributed by atoms with Crippen LogP contribution >= 0.6 is 22.6 Å². The molecule has 0 aliphatic rings. The quantitative estimate of drug-likeness (QED) is 0.293. The molecular weight excluding hydrogens is 561 g/mol. The summed E-state index contributed by atoms with van der Waals surface area (Å²) in [7, 11) is -3.93. The van der Waals surface area contributed by atoms with Crippen LogP contribution in [-0.4, -0.2) is 25.9 Å². The Bertz CT molecular complexity index is 1350. The molecule has 0 fully saturated rings. The van der Waals surface area contributed by atoms with Crippen molar-refractivity contribution < 1.29 is 13.2 Å². The van der Waals surface area contributed by atoms with Gasteiger partial charge in [-0.3, -0.25) is 14.1 Å². The van der Waals surface area contributed by atoms with E-state index in [0.29, 0.717) is 11.4 Å². The fourth-order valence-electron chi connectivity index (χ4n) is 3.42. The molecule has 4 rings (SSSR count).